The standard InChI is InChI=1S/C18H13F2N3O3/c19-14-7-6-13(10-15(14)20)23-9-8-22(17(25)18(23)26)11-16(24)21-12-4-2-1-3-5-12/h1-10H,11H2,(H,21,24). The fraction of sp³-hybridized carbons (Fsp3) is 0.0556. The van der Waals surface area contributed by atoms with Crippen molar-refractivity contribution in [3.05, 3.63) is 93.3 Å². The van der Waals surface area contributed by atoms with E-state index in [1.807, 2.05) is 0 Å². The van der Waals surface area contributed by atoms with Crippen molar-refractivity contribution >= 4 is 11.6 Å². The third kappa shape index (κ3) is 3.59. The fourth-order valence-electron chi connectivity index (χ4n) is 2.35. The van der Waals surface area contributed by atoms with Crippen LogP contribution < -0.4 is 16.4 Å². The van der Waals surface area contributed by atoms with E-state index >= 15 is 0 Å². The molecule has 0 spiro atoms. The molecule has 1 amide bonds. The van der Waals surface area contributed by atoms with Crippen LogP contribution in [-0.4, -0.2) is 15.0 Å². The van der Waals surface area contributed by atoms with Gasteiger partial charge in [-0.1, -0.05) is 18.2 Å². The molecule has 0 fully saturated rings. The highest BCUT2D eigenvalue weighted by Crippen LogP contribution is 2.11. The van der Waals surface area contributed by atoms with Crippen LogP contribution in [0.4, 0.5) is 14.5 Å². The summed E-state index contributed by atoms with van der Waals surface area (Å²) in [6, 6.07) is 11.5. The van der Waals surface area contributed by atoms with Crippen LogP contribution in [0.25, 0.3) is 5.69 Å². The molecule has 132 valence electrons. The molecule has 0 aliphatic carbocycles. The summed E-state index contributed by atoms with van der Waals surface area (Å²) in [7, 11) is 0. The Morgan fingerprint density at radius 1 is 0.923 bits per heavy atom. The smallest absolute Gasteiger partial charge is 0.320 e. The van der Waals surface area contributed by atoms with E-state index < -0.39 is 28.7 Å². The number of amides is 1. The molecule has 0 saturated heterocycles. The lowest BCUT2D eigenvalue weighted by atomic mass is 10.3. The number of halogens is 2. The molecule has 0 aliphatic rings. The van der Waals surface area contributed by atoms with E-state index in [-0.39, 0.29) is 12.2 Å². The normalized spacial score (nSPS) is 10.5. The number of aromatic nitrogens is 2. The van der Waals surface area contributed by atoms with Crippen molar-refractivity contribution in [2.24, 2.45) is 0 Å². The molecular formula is C18H13F2N3O3. The maximum atomic E-state index is 13.3. The van der Waals surface area contributed by atoms with Gasteiger partial charge < -0.3 is 5.32 Å². The number of anilines is 1. The molecular weight excluding hydrogens is 344 g/mol. The molecule has 1 N–H and O–H groups in total. The zero-order valence-corrected chi connectivity index (χ0v) is 13.4. The number of carbonyl (C=O) groups is 1. The van der Waals surface area contributed by atoms with E-state index in [2.05, 4.69) is 5.32 Å². The number of benzene rings is 2. The minimum absolute atomic E-state index is 0.00638. The first-order valence-corrected chi connectivity index (χ1v) is 7.58. The fourth-order valence-corrected chi connectivity index (χ4v) is 2.35. The average molecular weight is 357 g/mol. The summed E-state index contributed by atoms with van der Waals surface area (Å²) in [5.74, 6) is -2.68. The molecule has 6 nitrogen and oxygen atoms in total. The van der Waals surface area contributed by atoms with Gasteiger partial charge in [0.1, 0.15) is 6.54 Å². The van der Waals surface area contributed by atoms with E-state index in [1.54, 1.807) is 30.3 Å². The number of nitrogens with one attached hydrogen (secondary N) is 1. The van der Waals surface area contributed by atoms with Crippen LogP contribution >= 0.6 is 0 Å². The van der Waals surface area contributed by atoms with Crippen LogP contribution in [0.1, 0.15) is 0 Å². The van der Waals surface area contributed by atoms with Gasteiger partial charge in [0.25, 0.3) is 0 Å². The number of hydrogen-bond donors (Lipinski definition) is 1. The van der Waals surface area contributed by atoms with Gasteiger partial charge in [0.05, 0.1) is 5.69 Å². The minimum atomic E-state index is -1.14. The van der Waals surface area contributed by atoms with Gasteiger partial charge in [0, 0.05) is 24.1 Å². The highest BCUT2D eigenvalue weighted by Gasteiger charge is 2.11. The van der Waals surface area contributed by atoms with Gasteiger partial charge >= 0.3 is 11.1 Å². The van der Waals surface area contributed by atoms with Crippen molar-refractivity contribution in [2.45, 2.75) is 6.54 Å². The molecule has 2 aromatic carbocycles. The first-order chi connectivity index (χ1) is 12.5. The molecule has 0 aliphatic heterocycles. The Labute approximate surface area is 146 Å². The van der Waals surface area contributed by atoms with E-state index in [0.717, 1.165) is 21.3 Å². The van der Waals surface area contributed by atoms with Gasteiger partial charge in [0.15, 0.2) is 11.6 Å². The van der Waals surface area contributed by atoms with Gasteiger partial charge in [0.2, 0.25) is 5.91 Å². The zero-order valence-electron chi connectivity index (χ0n) is 13.4. The Bertz CT molecular complexity index is 1080. The van der Waals surface area contributed by atoms with E-state index in [1.165, 1.54) is 18.5 Å². The van der Waals surface area contributed by atoms with E-state index in [9.17, 15) is 23.2 Å². The second-order valence-corrected chi connectivity index (χ2v) is 5.42. The second kappa shape index (κ2) is 7.14. The van der Waals surface area contributed by atoms with Crippen LogP contribution in [0.15, 0.2) is 70.5 Å². The summed E-state index contributed by atoms with van der Waals surface area (Å²) in [6.07, 6.45) is 2.45. The summed E-state index contributed by atoms with van der Waals surface area (Å²) in [5.41, 5.74) is -1.38. The molecule has 3 aromatic rings. The molecule has 8 heteroatoms. The third-order valence-corrected chi connectivity index (χ3v) is 3.61. The number of carbonyl (C=O) groups excluding carboxylic acids is 1. The number of hydrogen-bond acceptors (Lipinski definition) is 3. The van der Waals surface area contributed by atoms with E-state index in [0.29, 0.717) is 5.69 Å². The highest BCUT2D eigenvalue weighted by atomic mass is 19.2. The molecule has 3 rings (SSSR count). The topological polar surface area (TPSA) is 73.1 Å². The first kappa shape index (κ1) is 17.3. The lowest BCUT2D eigenvalue weighted by Crippen LogP contribution is -2.41. The Balaban J connectivity index is 1.85. The van der Waals surface area contributed by atoms with Crippen molar-refractivity contribution in [3.8, 4) is 5.69 Å². The zero-order chi connectivity index (χ0) is 18.7. The van der Waals surface area contributed by atoms with Crippen molar-refractivity contribution < 1.29 is 13.6 Å². The summed E-state index contributed by atoms with van der Waals surface area (Å²) < 4.78 is 28.2. The molecule has 0 saturated carbocycles. The molecule has 1 aromatic heterocycles. The Morgan fingerprint density at radius 3 is 2.35 bits per heavy atom. The lowest BCUT2D eigenvalue weighted by molar-refractivity contribution is -0.116. The van der Waals surface area contributed by atoms with E-state index in [4.69, 9.17) is 0 Å². The van der Waals surface area contributed by atoms with Crippen molar-refractivity contribution in [3.63, 3.8) is 0 Å². The highest BCUT2D eigenvalue weighted by molar-refractivity contribution is 5.90. The number of rotatable bonds is 4. The third-order valence-electron chi connectivity index (χ3n) is 3.61. The predicted molar refractivity (Wildman–Crippen MR) is 91.3 cm³/mol. The number of para-hydroxylation sites is 1. The van der Waals surface area contributed by atoms with Gasteiger partial charge in [-0.05, 0) is 24.3 Å². The Morgan fingerprint density at radius 2 is 1.65 bits per heavy atom. The maximum Gasteiger partial charge on any atom is 0.320 e. The molecule has 0 atom stereocenters. The van der Waals surface area contributed by atoms with Crippen LogP contribution in [-0.2, 0) is 11.3 Å². The van der Waals surface area contributed by atoms with Crippen molar-refractivity contribution in [1.82, 2.24) is 9.13 Å². The monoisotopic (exact) mass is 357 g/mol. The second-order valence-electron chi connectivity index (χ2n) is 5.42. The quantitative estimate of drug-likeness (QED) is 0.725. The van der Waals surface area contributed by atoms with Gasteiger partial charge in [-0.2, -0.15) is 0 Å². The molecule has 0 unspecified atom stereocenters. The Hall–Kier alpha value is -3.55. The SMILES string of the molecule is O=C(Cn1ccn(-c2ccc(F)c(F)c2)c(=O)c1=O)Nc1ccccc1. The predicted octanol–water partition coefficient (Wildman–Crippen LogP) is 1.92. The number of nitrogens with zero attached hydrogens (tertiary/aromatic N) is 2. The average Bonchev–Trinajstić information content (AvgIpc) is 2.62. The molecule has 26 heavy (non-hydrogen) atoms. The van der Waals surface area contributed by atoms with Crippen LogP contribution in [0.5, 0.6) is 0 Å². The summed E-state index contributed by atoms with van der Waals surface area (Å²) in [4.78, 5) is 36.4. The van der Waals surface area contributed by atoms with Crippen LogP contribution in [0.3, 0.4) is 0 Å². The van der Waals surface area contributed by atoms with Crippen molar-refractivity contribution in [1.29, 1.82) is 0 Å². The van der Waals surface area contributed by atoms with Gasteiger partial charge in [-0.3, -0.25) is 23.5 Å². The van der Waals surface area contributed by atoms with Crippen LogP contribution in [0.2, 0.25) is 0 Å². The maximum absolute atomic E-state index is 13.3. The summed E-state index contributed by atoms with van der Waals surface area (Å²) in [6.45, 7) is -0.360. The van der Waals surface area contributed by atoms with Gasteiger partial charge in [-0.15, -0.1) is 0 Å². The molecule has 0 bridgehead atoms. The van der Waals surface area contributed by atoms with Crippen molar-refractivity contribution in [2.75, 3.05) is 5.32 Å². The summed E-state index contributed by atoms with van der Waals surface area (Å²) in [5, 5.41) is 2.60. The van der Waals surface area contributed by atoms with Crippen LogP contribution in [0, 0.1) is 11.6 Å². The summed E-state index contributed by atoms with van der Waals surface area (Å²) >= 11 is 0. The largest absolute Gasteiger partial charge is 0.325 e. The van der Waals surface area contributed by atoms with Gasteiger partial charge in [-0.25, -0.2) is 8.78 Å². The Kier molecular flexibility index (Phi) is 4.74. The molecule has 1 heterocycles. The minimum Gasteiger partial charge on any atom is -0.325 e. The molecule has 0 radical (unpaired) electrons. The lowest BCUT2D eigenvalue weighted by Gasteiger charge is -2.10. The first-order valence-electron chi connectivity index (χ1n) is 7.58.